The fourth-order valence-corrected chi connectivity index (χ4v) is 2.91. The maximum atomic E-state index is 5.16. The Labute approximate surface area is 119 Å². The summed E-state index contributed by atoms with van der Waals surface area (Å²) in [5, 5.41) is 3.43. The Bertz CT molecular complexity index is 560. The lowest BCUT2D eigenvalue weighted by molar-refractivity contribution is 0.190. The van der Waals surface area contributed by atoms with Crippen LogP contribution in [0.4, 0.5) is 0 Å². The molecule has 3 rings (SSSR count). The average molecular weight is 274 g/mol. The highest BCUT2D eigenvalue weighted by Gasteiger charge is 2.19. The van der Waals surface area contributed by atoms with E-state index in [0.29, 0.717) is 5.92 Å². The smallest absolute Gasteiger partial charge is 0.159 e. The Balaban J connectivity index is 1.85. The number of fused-ring (bicyclic) bond motifs is 1. The lowest BCUT2D eigenvalue weighted by atomic mass is 10.0. The van der Waals surface area contributed by atoms with Crippen LogP contribution in [0.3, 0.4) is 0 Å². The molecule has 1 aliphatic heterocycles. The molecule has 20 heavy (non-hydrogen) atoms. The molecular weight excluding hydrogens is 252 g/mol. The van der Waals surface area contributed by atoms with E-state index in [0.717, 1.165) is 50.2 Å². The van der Waals surface area contributed by atoms with Gasteiger partial charge in [0.25, 0.3) is 0 Å². The van der Waals surface area contributed by atoms with E-state index in [4.69, 9.17) is 9.72 Å². The van der Waals surface area contributed by atoms with Crippen molar-refractivity contribution < 1.29 is 4.74 Å². The molecule has 0 radical (unpaired) electrons. The summed E-state index contributed by atoms with van der Waals surface area (Å²) >= 11 is 0. The average Bonchev–Trinajstić information content (AvgIpc) is 3.08. The SMILES string of the molecule is COCCCn1c(CC2CCNC2)nc2cccnc21. The van der Waals surface area contributed by atoms with E-state index in [-0.39, 0.29) is 0 Å². The van der Waals surface area contributed by atoms with Gasteiger partial charge in [-0.1, -0.05) is 0 Å². The standard InChI is InChI=1S/C15H22N4O/c1-20-9-3-8-19-14(10-12-5-7-16-11-12)18-13-4-2-6-17-15(13)19/h2,4,6,12,16H,3,5,7-11H2,1H3. The molecule has 5 nitrogen and oxygen atoms in total. The minimum absolute atomic E-state index is 0.702. The van der Waals surface area contributed by atoms with Crippen LogP contribution in [0.1, 0.15) is 18.7 Å². The summed E-state index contributed by atoms with van der Waals surface area (Å²) in [6.45, 7) is 3.94. The van der Waals surface area contributed by atoms with Crippen molar-refractivity contribution in [3.05, 3.63) is 24.2 Å². The van der Waals surface area contributed by atoms with Crippen molar-refractivity contribution in [3.63, 3.8) is 0 Å². The van der Waals surface area contributed by atoms with Crippen LogP contribution in [-0.2, 0) is 17.7 Å². The zero-order valence-electron chi connectivity index (χ0n) is 12.0. The second kappa shape index (κ2) is 6.33. The topological polar surface area (TPSA) is 52.0 Å². The first kappa shape index (κ1) is 13.5. The summed E-state index contributed by atoms with van der Waals surface area (Å²) in [6, 6.07) is 4.00. The van der Waals surface area contributed by atoms with Crippen LogP contribution < -0.4 is 5.32 Å². The zero-order chi connectivity index (χ0) is 13.8. The predicted molar refractivity (Wildman–Crippen MR) is 78.7 cm³/mol. The quantitative estimate of drug-likeness (QED) is 0.813. The fourth-order valence-electron chi connectivity index (χ4n) is 2.91. The molecule has 1 fully saturated rings. The van der Waals surface area contributed by atoms with Crippen LogP contribution in [-0.4, -0.2) is 41.3 Å². The minimum Gasteiger partial charge on any atom is -0.385 e. The third-order valence-corrected chi connectivity index (χ3v) is 3.95. The van der Waals surface area contributed by atoms with Crippen molar-refractivity contribution in [1.29, 1.82) is 0 Å². The number of aromatic nitrogens is 3. The van der Waals surface area contributed by atoms with E-state index in [2.05, 4.69) is 14.9 Å². The molecule has 0 amide bonds. The lowest BCUT2D eigenvalue weighted by Crippen LogP contribution is -2.14. The third kappa shape index (κ3) is 2.83. The molecule has 3 heterocycles. The van der Waals surface area contributed by atoms with Gasteiger partial charge < -0.3 is 14.6 Å². The highest BCUT2D eigenvalue weighted by atomic mass is 16.5. The molecule has 0 spiro atoms. The van der Waals surface area contributed by atoms with Crippen LogP contribution in [0, 0.1) is 5.92 Å². The first-order chi connectivity index (χ1) is 9.88. The lowest BCUT2D eigenvalue weighted by Gasteiger charge is -2.11. The van der Waals surface area contributed by atoms with Gasteiger partial charge in [-0.25, -0.2) is 9.97 Å². The Morgan fingerprint density at radius 1 is 1.50 bits per heavy atom. The Morgan fingerprint density at radius 3 is 3.25 bits per heavy atom. The van der Waals surface area contributed by atoms with Gasteiger partial charge in [-0.2, -0.15) is 0 Å². The van der Waals surface area contributed by atoms with Crippen LogP contribution in [0.15, 0.2) is 18.3 Å². The first-order valence-corrected chi connectivity index (χ1v) is 7.38. The molecule has 0 bridgehead atoms. The van der Waals surface area contributed by atoms with E-state index in [9.17, 15) is 0 Å². The second-order valence-corrected chi connectivity index (χ2v) is 5.44. The van der Waals surface area contributed by atoms with Gasteiger partial charge in [0, 0.05) is 32.9 Å². The van der Waals surface area contributed by atoms with Crippen molar-refractivity contribution in [2.45, 2.75) is 25.8 Å². The Hall–Kier alpha value is -1.46. The molecule has 108 valence electrons. The number of hydrogen-bond donors (Lipinski definition) is 1. The molecule has 0 aromatic carbocycles. The number of nitrogens with zero attached hydrogens (tertiary/aromatic N) is 3. The summed E-state index contributed by atoms with van der Waals surface area (Å²) < 4.78 is 7.43. The highest BCUT2D eigenvalue weighted by molar-refractivity contribution is 5.71. The van der Waals surface area contributed by atoms with Gasteiger partial charge in [-0.05, 0) is 44.0 Å². The molecule has 2 aromatic rings. The number of rotatable bonds is 6. The number of ether oxygens (including phenoxy) is 1. The summed E-state index contributed by atoms with van der Waals surface area (Å²) in [7, 11) is 1.75. The molecule has 0 aliphatic carbocycles. The highest BCUT2D eigenvalue weighted by Crippen LogP contribution is 2.19. The number of pyridine rings is 1. The number of aryl methyl sites for hydroxylation is 1. The van der Waals surface area contributed by atoms with E-state index >= 15 is 0 Å². The monoisotopic (exact) mass is 274 g/mol. The van der Waals surface area contributed by atoms with Crippen molar-refractivity contribution in [2.75, 3.05) is 26.8 Å². The van der Waals surface area contributed by atoms with Gasteiger partial charge in [0.1, 0.15) is 11.3 Å². The number of methoxy groups -OCH3 is 1. The summed E-state index contributed by atoms with van der Waals surface area (Å²) in [5.74, 6) is 1.87. The van der Waals surface area contributed by atoms with Crippen LogP contribution >= 0.6 is 0 Å². The van der Waals surface area contributed by atoms with Crippen molar-refractivity contribution in [3.8, 4) is 0 Å². The molecule has 1 unspecified atom stereocenters. The van der Waals surface area contributed by atoms with Gasteiger partial charge in [0.15, 0.2) is 5.65 Å². The molecular formula is C15H22N4O. The fraction of sp³-hybridized carbons (Fsp3) is 0.600. The number of hydrogen-bond acceptors (Lipinski definition) is 4. The Kier molecular flexibility index (Phi) is 4.28. The molecule has 1 N–H and O–H groups in total. The van der Waals surface area contributed by atoms with Gasteiger partial charge >= 0.3 is 0 Å². The third-order valence-electron chi connectivity index (χ3n) is 3.95. The van der Waals surface area contributed by atoms with Crippen LogP contribution in [0.25, 0.3) is 11.2 Å². The molecule has 0 saturated carbocycles. The second-order valence-electron chi connectivity index (χ2n) is 5.44. The first-order valence-electron chi connectivity index (χ1n) is 7.38. The maximum Gasteiger partial charge on any atom is 0.159 e. The van der Waals surface area contributed by atoms with Crippen molar-refractivity contribution in [2.24, 2.45) is 5.92 Å². The van der Waals surface area contributed by atoms with Gasteiger partial charge in [-0.3, -0.25) is 0 Å². The van der Waals surface area contributed by atoms with Crippen LogP contribution in [0.2, 0.25) is 0 Å². The van der Waals surface area contributed by atoms with Gasteiger partial charge in [-0.15, -0.1) is 0 Å². The van der Waals surface area contributed by atoms with Crippen molar-refractivity contribution >= 4 is 11.2 Å². The molecule has 2 aromatic heterocycles. The maximum absolute atomic E-state index is 5.16. The summed E-state index contributed by atoms with van der Waals surface area (Å²) in [4.78, 5) is 9.29. The Morgan fingerprint density at radius 2 is 2.45 bits per heavy atom. The molecule has 1 aliphatic rings. The predicted octanol–water partition coefficient (Wildman–Crippen LogP) is 1.62. The molecule has 5 heteroatoms. The van der Waals surface area contributed by atoms with Crippen molar-refractivity contribution in [1.82, 2.24) is 19.9 Å². The van der Waals surface area contributed by atoms with Crippen LogP contribution in [0.5, 0.6) is 0 Å². The van der Waals surface area contributed by atoms with E-state index < -0.39 is 0 Å². The van der Waals surface area contributed by atoms with E-state index in [1.807, 2.05) is 18.3 Å². The summed E-state index contributed by atoms with van der Waals surface area (Å²) in [5.41, 5.74) is 2.01. The minimum atomic E-state index is 0.702. The van der Waals surface area contributed by atoms with Gasteiger partial charge in [0.05, 0.1) is 0 Å². The van der Waals surface area contributed by atoms with Gasteiger partial charge in [0.2, 0.25) is 0 Å². The number of nitrogens with one attached hydrogen (secondary N) is 1. The summed E-state index contributed by atoms with van der Waals surface area (Å²) in [6.07, 6.45) is 5.12. The normalized spacial score (nSPS) is 18.9. The molecule has 1 saturated heterocycles. The largest absolute Gasteiger partial charge is 0.385 e. The number of imidazole rings is 1. The van der Waals surface area contributed by atoms with E-state index in [1.54, 1.807) is 7.11 Å². The van der Waals surface area contributed by atoms with E-state index in [1.165, 1.54) is 12.2 Å². The zero-order valence-corrected chi connectivity index (χ0v) is 12.0. The molecule has 1 atom stereocenters.